The lowest BCUT2D eigenvalue weighted by molar-refractivity contribution is -0.124. The second kappa shape index (κ2) is 38.9. The van der Waals surface area contributed by atoms with E-state index in [2.05, 4.69) is 145 Å². The number of nitrogens with one attached hydrogen (secondary N) is 6. The van der Waals surface area contributed by atoms with E-state index in [0.717, 1.165) is 54.9 Å². The maximum absolute atomic E-state index is 13.2. The Morgan fingerprint density at radius 3 is 0.805 bits per heavy atom. The fourth-order valence-corrected chi connectivity index (χ4v) is 9.65. The largest absolute Gasteiger partial charge is 0.359 e. The number of nitrogens with zero attached hydrogens (tertiary/aromatic N) is 6. The first-order chi connectivity index (χ1) is 41.7. The molecule has 0 saturated heterocycles. The van der Waals surface area contributed by atoms with Crippen molar-refractivity contribution in [3.63, 3.8) is 0 Å². The fourth-order valence-electron chi connectivity index (χ4n) is 9.65. The molecule has 21 heteroatoms. The Balaban J connectivity index is 0.000000279. The summed E-state index contributed by atoms with van der Waals surface area (Å²) in [5.41, 5.74) is 3.53. The van der Waals surface area contributed by atoms with Crippen LogP contribution in [0.5, 0.6) is 0 Å². The van der Waals surface area contributed by atoms with Gasteiger partial charge in [0.2, 0.25) is 17.7 Å². The standard InChI is InChI=1S/3C22H31BN4O2/c3*1-5-23(4)20(13-16(2)3)27-21(28)18(14-17-9-7-6-8-10-17)26-22(29)19-15-24-11-12-25-19/h3*6-12,15-16,18,20H,5,13-14H2,1-4H3,(H,26,29)(H,27,28)/t2*18-,20+;18-,20-/m100/s1. The molecule has 0 bridgehead atoms. The highest BCUT2D eigenvalue weighted by atomic mass is 16.2. The fraction of sp³-hybridized carbons (Fsp3) is 0.455. The minimum Gasteiger partial charge on any atom is -0.359 e. The Hall–Kier alpha value is -8.09. The van der Waals surface area contributed by atoms with Gasteiger partial charge in [-0.05, 0) is 53.7 Å². The van der Waals surface area contributed by atoms with Crippen LogP contribution < -0.4 is 31.9 Å². The summed E-state index contributed by atoms with van der Waals surface area (Å²) in [5.74, 6) is -0.110. The average molecular weight is 1180 g/mol. The highest BCUT2D eigenvalue weighted by Crippen LogP contribution is 2.16. The lowest BCUT2D eigenvalue weighted by Crippen LogP contribution is -2.54. The van der Waals surface area contributed by atoms with Crippen LogP contribution in [-0.4, -0.2) is 121 Å². The molecule has 462 valence electrons. The SMILES string of the molecule is CCB(C)[C@@H](CC(C)C)NC(=O)[C@H](Cc1ccccc1)NC(=O)c1cnccn1.CCB(C)[C@H](CC(C)C)NC(=O)[C@@H](Cc1ccccc1)NC(=O)c1cnccn1.CCB(C)[C@H](CC(C)C)NC(=O)[C@H](Cc1ccccc1)NC(=O)c1cnccn1. The summed E-state index contributed by atoms with van der Waals surface area (Å²) in [6.45, 7) is 26.8. The van der Waals surface area contributed by atoms with Gasteiger partial charge in [0.15, 0.2) is 20.1 Å². The Labute approximate surface area is 518 Å². The first-order valence-electron chi connectivity index (χ1n) is 30.9. The molecule has 0 fully saturated rings. The van der Waals surface area contributed by atoms with Gasteiger partial charge in [-0.3, -0.25) is 43.7 Å². The summed E-state index contributed by atoms with van der Waals surface area (Å²) in [7, 11) is 0. The maximum atomic E-state index is 13.2. The molecular formula is C66H93B3N12O6. The zero-order chi connectivity index (χ0) is 63.7. The Morgan fingerprint density at radius 2 is 0.609 bits per heavy atom. The normalized spacial score (nSPS) is 12.9. The third-order valence-electron chi connectivity index (χ3n) is 15.3. The molecule has 6 amide bonds. The van der Waals surface area contributed by atoms with Gasteiger partial charge < -0.3 is 31.9 Å². The van der Waals surface area contributed by atoms with Crippen molar-refractivity contribution in [1.82, 2.24) is 61.8 Å². The van der Waals surface area contributed by atoms with Crippen LogP contribution in [0.1, 0.15) is 130 Å². The van der Waals surface area contributed by atoms with E-state index in [1.54, 1.807) is 0 Å². The molecule has 0 radical (unpaired) electrons. The average Bonchev–Trinajstić information content (AvgIpc) is 3.67. The van der Waals surface area contributed by atoms with Crippen LogP contribution in [0.25, 0.3) is 0 Å². The number of carbonyl (C=O) groups is 6. The zero-order valence-electron chi connectivity index (χ0n) is 53.3. The first kappa shape index (κ1) is 71.4. The second-order valence-corrected chi connectivity index (χ2v) is 23.8. The van der Waals surface area contributed by atoms with Crippen molar-refractivity contribution in [3.05, 3.63) is 181 Å². The zero-order valence-corrected chi connectivity index (χ0v) is 53.3. The third kappa shape index (κ3) is 26.6. The lowest BCUT2D eigenvalue weighted by atomic mass is 9.43. The topological polar surface area (TPSA) is 252 Å². The van der Waals surface area contributed by atoms with Crippen LogP contribution in [-0.2, 0) is 33.6 Å². The predicted molar refractivity (Wildman–Crippen MR) is 351 cm³/mol. The summed E-state index contributed by atoms with van der Waals surface area (Å²) < 4.78 is 0. The minimum absolute atomic E-state index is 0.0687. The molecule has 3 aromatic heterocycles. The quantitative estimate of drug-likeness (QED) is 0.0231. The smallest absolute Gasteiger partial charge is 0.272 e. The van der Waals surface area contributed by atoms with Gasteiger partial charge in [0, 0.05) is 74.3 Å². The summed E-state index contributed by atoms with van der Waals surface area (Å²) >= 11 is 0. The van der Waals surface area contributed by atoms with Crippen molar-refractivity contribution >= 4 is 55.6 Å². The van der Waals surface area contributed by atoms with Crippen molar-refractivity contribution in [1.29, 1.82) is 0 Å². The molecule has 0 aliphatic rings. The molecule has 0 spiro atoms. The highest BCUT2D eigenvalue weighted by molar-refractivity contribution is 6.60. The van der Waals surface area contributed by atoms with Gasteiger partial charge in [-0.1, -0.05) is 193 Å². The van der Waals surface area contributed by atoms with Crippen molar-refractivity contribution in [2.24, 2.45) is 17.8 Å². The van der Waals surface area contributed by atoms with Crippen molar-refractivity contribution < 1.29 is 28.8 Å². The van der Waals surface area contributed by atoms with Crippen molar-refractivity contribution in [2.45, 2.75) is 176 Å². The van der Waals surface area contributed by atoms with E-state index in [4.69, 9.17) is 0 Å². The van der Waals surface area contributed by atoms with E-state index in [-0.39, 0.29) is 52.6 Å². The summed E-state index contributed by atoms with van der Waals surface area (Å²) in [4.78, 5) is 101. The molecule has 87 heavy (non-hydrogen) atoms. The first-order valence-corrected chi connectivity index (χ1v) is 30.9. The molecule has 3 aromatic carbocycles. The van der Waals surface area contributed by atoms with Gasteiger partial charge >= 0.3 is 0 Å². The number of rotatable bonds is 30. The van der Waals surface area contributed by atoms with Crippen molar-refractivity contribution in [2.75, 3.05) is 0 Å². The van der Waals surface area contributed by atoms with E-state index in [0.29, 0.717) is 57.2 Å². The molecule has 18 nitrogen and oxygen atoms in total. The van der Waals surface area contributed by atoms with E-state index < -0.39 is 35.8 Å². The highest BCUT2D eigenvalue weighted by Gasteiger charge is 2.31. The predicted octanol–water partition coefficient (Wildman–Crippen LogP) is 9.10. The number of benzene rings is 3. The van der Waals surface area contributed by atoms with Crippen LogP contribution in [0.15, 0.2) is 147 Å². The number of amides is 6. The number of aromatic nitrogens is 6. The van der Waals surface area contributed by atoms with Crippen LogP contribution in [0.3, 0.4) is 0 Å². The van der Waals surface area contributed by atoms with Crippen LogP contribution in [0, 0.1) is 17.8 Å². The van der Waals surface area contributed by atoms with Gasteiger partial charge in [0.05, 0.1) is 18.6 Å². The Bertz CT molecular complexity index is 2630. The molecule has 3 heterocycles. The van der Waals surface area contributed by atoms with Crippen molar-refractivity contribution in [3.8, 4) is 0 Å². The van der Waals surface area contributed by atoms with Gasteiger partial charge in [0.25, 0.3) is 17.7 Å². The molecule has 0 aliphatic heterocycles. The molecule has 0 aliphatic carbocycles. The molecule has 6 atom stereocenters. The number of hydrogen-bond acceptors (Lipinski definition) is 12. The summed E-state index contributed by atoms with van der Waals surface area (Å²) in [6, 6.07) is 27.0. The molecule has 0 saturated carbocycles. The number of hydrogen-bond donors (Lipinski definition) is 6. The monoisotopic (exact) mass is 1180 g/mol. The Morgan fingerprint density at radius 1 is 0.368 bits per heavy atom. The molecule has 6 N–H and O–H groups in total. The van der Waals surface area contributed by atoms with E-state index in [9.17, 15) is 28.8 Å². The third-order valence-corrected chi connectivity index (χ3v) is 15.3. The van der Waals surface area contributed by atoms with Crippen LogP contribution in [0.2, 0.25) is 39.4 Å². The Kier molecular flexibility index (Phi) is 31.9. The van der Waals surface area contributed by atoms with Gasteiger partial charge in [-0.25, -0.2) is 15.0 Å². The van der Waals surface area contributed by atoms with Gasteiger partial charge in [-0.15, -0.1) is 0 Å². The molecular weight excluding hydrogens is 1090 g/mol. The molecule has 6 aromatic rings. The van der Waals surface area contributed by atoms with Crippen LogP contribution >= 0.6 is 0 Å². The lowest BCUT2D eigenvalue weighted by Gasteiger charge is -2.27. The van der Waals surface area contributed by atoms with E-state index in [1.165, 1.54) is 55.8 Å². The van der Waals surface area contributed by atoms with E-state index in [1.807, 2.05) is 91.0 Å². The summed E-state index contributed by atoms with van der Waals surface area (Å²) in [6.07, 6.45) is 20.0. The second-order valence-electron chi connectivity index (χ2n) is 23.8. The van der Waals surface area contributed by atoms with Crippen LogP contribution in [0.4, 0.5) is 0 Å². The van der Waals surface area contributed by atoms with Gasteiger partial charge in [0.1, 0.15) is 35.2 Å². The molecule has 0 unspecified atom stereocenters. The number of carbonyl (C=O) groups excluding carboxylic acids is 6. The summed E-state index contributed by atoms with van der Waals surface area (Å²) in [5, 5.41) is 18.1. The van der Waals surface area contributed by atoms with E-state index >= 15 is 0 Å². The molecule has 6 rings (SSSR count). The maximum Gasteiger partial charge on any atom is 0.272 e. The minimum atomic E-state index is -0.689. The van der Waals surface area contributed by atoms with Gasteiger partial charge in [-0.2, -0.15) is 0 Å².